The molecule has 3 rings (SSSR count). The minimum atomic E-state index is -0.517. The zero-order chi connectivity index (χ0) is 18.7. The van der Waals surface area contributed by atoms with Gasteiger partial charge in [-0.05, 0) is 25.1 Å². The molecule has 0 atom stereocenters. The van der Waals surface area contributed by atoms with E-state index in [0.717, 1.165) is 10.2 Å². The lowest BCUT2D eigenvalue weighted by Gasteiger charge is -2.04. The number of nitrogens with zero attached hydrogens (tertiary/aromatic N) is 3. The molecule has 136 valence electrons. The number of thiazole rings is 1. The lowest BCUT2D eigenvalue weighted by atomic mass is 10.2. The molecule has 0 fully saturated rings. The fourth-order valence-electron chi connectivity index (χ4n) is 2.41. The first kappa shape index (κ1) is 18.0. The molecule has 0 saturated heterocycles. The second-order valence-corrected chi connectivity index (χ2v) is 6.46. The summed E-state index contributed by atoms with van der Waals surface area (Å²) < 4.78 is 17.6. The second kappa shape index (κ2) is 7.63. The Bertz CT molecular complexity index is 1030. The number of aryl methyl sites for hydroxylation is 1. The Hall–Kier alpha value is -2.78. The summed E-state index contributed by atoms with van der Waals surface area (Å²) in [5.41, 5.74) is 1.89. The Kier molecular flexibility index (Phi) is 5.29. The van der Waals surface area contributed by atoms with Crippen molar-refractivity contribution in [3.63, 3.8) is 0 Å². The Balaban J connectivity index is 2.11. The van der Waals surface area contributed by atoms with E-state index in [-0.39, 0.29) is 5.76 Å². The fourth-order valence-corrected chi connectivity index (χ4v) is 3.50. The summed E-state index contributed by atoms with van der Waals surface area (Å²) in [6.45, 7) is 2.69. The number of hydrogen-bond donors (Lipinski definition) is 0. The van der Waals surface area contributed by atoms with E-state index in [1.54, 1.807) is 32.2 Å². The Morgan fingerprint density at radius 1 is 1.31 bits per heavy atom. The van der Waals surface area contributed by atoms with Gasteiger partial charge in [0.25, 0.3) is 0 Å². The number of esters is 1. The van der Waals surface area contributed by atoms with Crippen LogP contribution >= 0.6 is 11.3 Å². The van der Waals surface area contributed by atoms with Crippen molar-refractivity contribution in [2.75, 3.05) is 20.8 Å². The molecule has 26 heavy (non-hydrogen) atoms. The van der Waals surface area contributed by atoms with Gasteiger partial charge in [-0.1, -0.05) is 16.5 Å². The monoisotopic (exact) mass is 375 g/mol. The molecule has 0 aliphatic heterocycles. The molecule has 0 N–H and O–H groups in total. The van der Waals surface area contributed by atoms with E-state index < -0.39 is 11.9 Å². The molecule has 8 nitrogen and oxygen atoms in total. The van der Waals surface area contributed by atoms with Crippen molar-refractivity contribution in [1.82, 2.24) is 9.72 Å². The minimum Gasteiger partial charge on any atom is -0.465 e. The molecule has 1 amide bonds. The van der Waals surface area contributed by atoms with E-state index in [1.807, 2.05) is 4.57 Å². The fraction of sp³-hybridized carbons (Fsp3) is 0.294. The van der Waals surface area contributed by atoms with Crippen LogP contribution in [0, 0.1) is 6.92 Å². The molecule has 0 aliphatic carbocycles. The predicted octanol–water partition coefficient (Wildman–Crippen LogP) is 2.17. The third-order valence-corrected chi connectivity index (χ3v) is 4.70. The molecule has 0 unspecified atom stereocenters. The highest BCUT2D eigenvalue weighted by atomic mass is 32.1. The molecule has 0 bridgehead atoms. The highest BCUT2D eigenvalue weighted by Crippen LogP contribution is 2.20. The zero-order valence-corrected chi connectivity index (χ0v) is 15.3. The number of rotatable bonds is 5. The minimum absolute atomic E-state index is 0.0773. The Morgan fingerprint density at radius 2 is 2.12 bits per heavy atom. The number of aromatic nitrogens is 2. The van der Waals surface area contributed by atoms with Gasteiger partial charge in [0, 0.05) is 19.7 Å². The molecule has 0 aliphatic rings. The highest BCUT2D eigenvalue weighted by Gasteiger charge is 2.14. The maximum atomic E-state index is 12.3. The average molecular weight is 375 g/mol. The summed E-state index contributed by atoms with van der Waals surface area (Å²) in [5.74, 6) is -0.861. The molecule has 2 aromatic heterocycles. The van der Waals surface area contributed by atoms with Crippen molar-refractivity contribution in [3.8, 4) is 0 Å². The zero-order valence-electron chi connectivity index (χ0n) is 14.5. The van der Waals surface area contributed by atoms with Gasteiger partial charge in [-0.2, -0.15) is 4.99 Å². The van der Waals surface area contributed by atoms with Gasteiger partial charge in [-0.15, -0.1) is 0 Å². The lowest BCUT2D eigenvalue weighted by molar-refractivity contribution is 0.0600. The number of methoxy groups -OCH3 is 2. The molecule has 0 saturated carbocycles. The van der Waals surface area contributed by atoms with E-state index in [0.29, 0.717) is 29.2 Å². The van der Waals surface area contributed by atoms with Crippen LogP contribution in [-0.4, -0.2) is 42.4 Å². The Labute approximate surface area is 152 Å². The molecule has 3 aromatic rings. The quantitative estimate of drug-likeness (QED) is 0.634. The average Bonchev–Trinajstić information content (AvgIpc) is 3.22. The van der Waals surface area contributed by atoms with E-state index in [9.17, 15) is 9.59 Å². The summed E-state index contributed by atoms with van der Waals surface area (Å²) in [4.78, 5) is 28.7. The van der Waals surface area contributed by atoms with Crippen LogP contribution in [0.25, 0.3) is 10.2 Å². The van der Waals surface area contributed by atoms with E-state index in [2.05, 4.69) is 10.1 Å². The van der Waals surface area contributed by atoms with Crippen LogP contribution in [0.15, 0.2) is 33.8 Å². The van der Waals surface area contributed by atoms with Gasteiger partial charge in [0.2, 0.25) is 5.76 Å². The third-order valence-electron chi connectivity index (χ3n) is 3.66. The van der Waals surface area contributed by atoms with Crippen LogP contribution in [0.5, 0.6) is 0 Å². The van der Waals surface area contributed by atoms with Gasteiger partial charge < -0.3 is 18.6 Å². The van der Waals surface area contributed by atoms with Crippen molar-refractivity contribution in [3.05, 3.63) is 46.1 Å². The standard InChI is InChI=1S/C17H17N3O5S/c1-10-8-13(25-19-10)15(21)18-17-20(6-7-23-2)12-5-4-11(16(22)24-3)9-14(12)26-17/h4-5,8-9H,6-7H2,1-3H3. The van der Waals surface area contributed by atoms with Gasteiger partial charge in [0.05, 0.1) is 35.2 Å². The number of ether oxygens (including phenoxy) is 2. The van der Waals surface area contributed by atoms with Crippen molar-refractivity contribution in [1.29, 1.82) is 0 Å². The van der Waals surface area contributed by atoms with Gasteiger partial charge in [-0.25, -0.2) is 4.79 Å². The van der Waals surface area contributed by atoms with Crippen LogP contribution in [0.1, 0.15) is 26.6 Å². The summed E-state index contributed by atoms with van der Waals surface area (Å²) in [7, 11) is 2.93. The molecule has 9 heteroatoms. The summed E-state index contributed by atoms with van der Waals surface area (Å²) in [6.07, 6.45) is 0. The number of amides is 1. The van der Waals surface area contributed by atoms with Gasteiger partial charge in [0.15, 0.2) is 4.80 Å². The van der Waals surface area contributed by atoms with Crippen LogP contribution in [0.2, 0.25) is 0 Å². The van der Waals surface area contributed by atoms with Gasteiger partial charge in [0.1, 0.15) is 0 Å². The van der Waals surface area contributed by atoms with Crippen molar-refractivity contribution in [2.45, 2.75) is 13.5 Å². The van der Waals surface area contributed by atoms with E-state index >= 15 is 0 Å². The lowest BCUT2D eigenvalue weighted by Crippen LogP contribution is -2.19. The van der Waals surface area contributed by atoms with Crippen molar-refractivity contribution >= 4 is 33.4 Å². The normalized spacial score (nSPS) is 11.9. The van der Waals surface area contributed by atoms with Gasteiger partial charge >= 0.3 is 11.9 Å². The summed E-state index contributed by atoms with van der Waals surface area (Å²) in [6, 6.07) is 6.73. The molecular weight excluding hydrogens is 358 g/mol. The maximum absolute atomic E-state index is 12.3. The maximum Gasteiger partial charge on any atom is 0.337 e. The predicted molar refractivity (Wildman–Crippen MR) is 94.2 cm³/mol. The SMILES string of the molecule is COCCn1c(=NC(=O)c2cc(C)no2)sc2cc(C(=O)OC)ccc21. The molecule has 2 heterocycles. The van der Waals surface area contributed by atoms with Crippen LogP contribution in [0.4, 0.5) is 0 Å². The second-order valence-electron chi connectivity index (χ2n) is 5.45. The van der Waals surface area contributed by atoms with E-state index in [4.69, 9.17) is 14.0 Å². The summed E-state index contributed by atoms with van der Waals surface area (Å²) >= 11 is 1.30. The number of hydrogen-bond acceptors (Lipinski definition) is 7. The molecular formula is C17H17N3O5S. The Morgan fingerprint density at radius 3 is 2.77 bits per heavy atom. The van der Waals surface area contributed by atoms with Crippen LogP contribution < -0.4 is 4.80 Å². The van der Waals surface area contributed by atoms with Crippen molar-refractivity contribution in [2.24, 2.45) is 4.99 Å². The first-order valence-electron chi connectivity index (χ1n) is 7.76. The molecule has 1 aromatic carbocycles. The van der Waals surface area contributed by atoms with Crippen molar-refractivity contribution < 1.29 is 23.6 Å². The highest BCUT2D eigenvalue weighted by molar-refractivity contribution is 7.16. The number of fused-ring (bicyclic) bond motifs is 1. The first-order chi connectivity index (χ1) is 12.5. The molecule has 0 radical (unpaired) electrons. The van der Waals surface area contributed by atoms with Gasteiger partial charge in [-0.3, -0.25) is 4.79 Å². The van der Waals surface area contributed by atoms with Crippen LogP contribution in [0.3, 0.4) is 0 Å². The molecule has 0 spiro atoms. The number of carbonyl (C=O) groups excluding carboxylic acids is 2. The van der Waals surface area contributed by atoms with E-state index in [1.165, 1.54) is 24.5 Å². The first-order valence-corrected chi connectivity index (χ1v) is 8.58. The van der Waals surface area contributed by atoms with Crippen LogP contribution in [-0.2, 0) is 16.0 Å². The number of benzene rings is 1. The third kappa shape index (κ3) is 3.58. The smallest absolute Gasteiger partial charge is 0.337 e. The topological polar surface area (TPSA) is 95.9 Å². The largest absolute Gasteiger partial charge is 0.465 e. The summed E-state index contributed by atoms with van der Waals surface area (Å²) in [5, 5.41) is 3.70. The number of carbonyl (C=O) groups is 2.